The highest BCUT2D eigenvalue weighted by atomic mass is 19.4. The summed E-state index contributed by atoms with van der Waals surface area (Å²) in [7, 11) is 1.63. The van der Waals surface area contributed by atoms with Gasteiger partial charge in [0.1, 0.15) is 5.82 Å². The number of para-hydroxylation sites is 1. The number of hydrogen-bond acceptors (Lipinski definition) is 6. The van der Waals surface area contributed by atoms with Crippen LogP contribution in [0.1, 0.15) is 60.7 Å². The molecule has 43 heavy (non-hydrogen) atoms. The molecular formula is C30H33F6N7. The molecule has 0 radical (unpaired) electrons. The summed E-state index contributed by atoms with van der Waals surface area (Å²) in [6, 6.07) is 11.4. The van der Waals surface area contributed by atoms with Crippen molar-refractivity contribution < 1.29 is 26.3 Å². The van der Waals surface area contributed by atoms with Crippen molar-refractivity contribution in [1.29, 1.82) is 0 Å². The van der Waals surface area contributed by atoms with E-state index in [1.807, 2.05) is 30.3 Å². The Morgan fingerprint density at radius 1 is 0.884 bits per heavy atom. The minimum absolute atomic E-state index is 0.0854. The van der Waals surface area contributed by atoms with Crippen molar-refractivity contribution in [3.05, 3.63) is 76.6 Å². The SMILES string of the molecule is CCN(CC1CCCC1)c1nc2ccccc2cc1CN(Cc1cc(C(F)(F)F)cc(C(F)(F)F)c1)Cc1nnnn1C. The van der Waals surface area contributed by atoms with E-state index in [-0.39, 0.29) is 31.3 Å². The zero-order valence-corrected chi connectivity index (χ0v) is 24.0. The molecule has 1 aliphatic carbocycles. The number of aryl methyl sites for hydroxylation is 1. The number of nitrogens with zero attached hydrogens (tertiary/aromatic N) is 7. The Labute approximate surface area is 245 Å². The first kappa shape index (κ1) is 30.7. The third-order valence-corrected chi connectivity index (χ3v) is 7.94. The Hall–Kier alpha value is -3.74. The predicted molar refractivity (Wildman–Crippen MR) is 150 cm³/mol. The highest BCUT2D eigenvalue weighted by molar-refractivity contribution is 5.81. The van der Waals surface area contributed by atoms with Gasteiger partial charge >= 0.3 is 12.4 Å². The van der Waals surface area contributed by atoms with Gasteiger partial charge in [0.15, 0.2) is 5.82 Å². The van der Waals surface area contributed by atoms with E-state index in [1.54, 1.807) is 11.9 Å². The van der Waals surface area contributed by atoms with E-state index in [0.29, 0.717) is 18.3 Å². The van der Waals surface area contributed by atoms with E-state index in [2.05, 4.69) is 27.3 Å². The predicted octanol–water partition coefficient (Wildman–Crippen LogP) is 7.01. The molecule has 0 unspecified atom stereocenters. The summed E-state index contributed by atoms with van der Waals surface area (Å²) in [5, 5.41) is 12.4. The number of hydrogen-bond donors (Lipinski definition) is 0. The molecule has 0 amide bonds. The molecule has 0 aliphatic heterocycles. The average Bonchev–Trinajstić information content (AvgIpc) is 3.62. The van der Waals surface area contributed by atoms with Gasteiger partial charge in [-0.1, -0.05) is 31.0 Å². The van der Waals surface area contributed by atoms with E-state index in [9.17, 15) is 26.3 Å². The summed E-state index contributed by atoms with van der Waals surface area (Å²) in [6.07, 6.45) is -5.21. The van der Waals surface area contributed by atoms with Crippen molar-refractivity contribution >= 4 is 16.7 Å². The van der Waals surface area contributed by atoms with Crippen LogP contribution in [-0.2, 0) is 39.0 Å². The summed E-state index contributed by atoms with van der Waals surface area (Å²) in [5.74, 6) is 1.71. The number of aromatic nitrogens is 5. The first-order valence-electron chi connectivity index (χ1n) is 14.3. The number of fused-ring (bicyclic) bond motifs is 1. The van der Waals surface area contributed by atoms with Gasteiger partial charge in [0.05, 0.1) is 23.2 Å². The Balaban J connectivity index is 1.56. The second-order valence-corrected chi connectivity index (χ2v) is 11.1. The number of anilines is 1. The lowest BCUT2D eigenvalue weighted by molar-refractivity contribution is -0.143. The summed E-state index contributed by atoms with van der Waals surface area (Å²) >= 11 is 0. The lowest BCUT2D eigenvalue weighted by Gasteiger charge is -2.30. The van der Waals surface area contributed by atoms with Crippen molar-refractivity contribution in [2.45, 2.75) is 64.6 Å². The minimum Gasteiger partial charge on any atom is -0.356 e. The Kier molecular flexibility index (Phi) is 8.91. The molecule has 230 valence electrons. The monoisotopic (exact) mass is 605 g/mol. The Bertz CT molecular complexity index is 1510. The van der Waals surface area contributed by atoms with E-state index >= 15 is 0 Å². The molecule has 0 spiro atoms. The van der Waals surface area contributed by atoms with Crippen LogP contribution in [0.3, 0.4) is 0 Å². The van der Waals surface area contributed by atoms with Crippen molar-refractivity contribution in [3.8, 4) is 0 Å². The summed E-state index contributed by atoms with van der Waals surface area (Å²) in [5.41, 5.74) is -1.19. The quantitative estimate of drug-likeness (QED) is 0.181. The third kappa shape index (κ3) is 7.43. The van der Waals surface area contributed by atoms with Crippen molar-refractivity contribution in [2.75, 3.05) is 18.0 Å². The van der Waals surface area contributed by atoms with Gasteiger partial charge < -0.3 is 4.90 Å². The molecule has 5 rings (SSSR count). The van der Waals surface area contributed by atoms with Gasteiger partial charge in [-0.05, 0) is 72.0 Å². The molecule has 7 nitrogen and oxygen atoms in total. The number of tetrazole rings is 1. The zero-order valence-electron chi connectivity index (χ0n) is 24.0. The molecule has 1 aliphatic rings. The first-order valence-corrected chi connectivity index (χ1v) is 14.3. The van der Waals surface area contributed by atoms with Gasteiger partial charge in [0.25, 0.3) is 0 Å². The maximum absolute atomic E-state index is 13.6. The van der Waals surface area contributed by atoms with E-state index in [1.165, 1.54) is 17.5 Å². The fourth-order valence-electron chi connectivity index (χ4n) is 5.77. The fraction of sp³-hybridized carbons (Fsp3) is 0.467. The molecule has 4 aromatic rings. The van der Waals surface area contributed by atoms with Gasteiger partial charge in [0.2, 0.25) is 0 Å². The summed E-state index contributed by atoms with van der Waals surface area (Å²) in [4.78, 5) is 8.99. The zero-order chi connectivity index (χ0) is 30.8. The third-order valence-electron chi connectivity index (χ3n) is 7.94. The molecule has 2 aromatic carbocycles. The van der Waals surface area contributed by atoms with Crippen LogP contribution in [0.25, 0.3) is 10.9 Å². The molecule has 1 fully saturated rings. The lowest BCUT2D eigenvalue weighted by atomic mass is 10.0. The van der Waals surface area contributed by atoms with Crippen LogP contribution < -0.4 is 4.90 Å². The molecule has 0 N–H and O–H groups in total. The highest BCUT2D eigenvalue weighted by Gasteiger charge is 2.37. The molecule has 1 saturated carbocycles. The van der Waals surface area contributed by atoms with E-state index < -0.39 is 23.5 Å². The maximum atomic E-state index is 13.6. The average molecular weight is 606 g/mol. The van der Waals surface area contributed by atoms with Gasteiger partial charge in [-0.15, -0.1) is 5.10 Å². The van der Waals surface area contributed by atoms with Crippen molar-refractivity contribution in [2.24, 2.45) is 13.0 Å². The van der Waals surface area contributed by atoms with Crippen LogP contribution in [0.4, 0.5) is 32.2 Å². The molecule has 0 atom stereocenters. The summed E-state index contributed by atoms with van der Waals surface area (Å²) in [6.45, 7) is 3.65. The first-order chi connectivity index (χ1) is 20.4. The molecule has 0 saturated heterocycles. The number of halogens is 6. The number of benzene rings is 2. The second kappa shape index (κ2) is 12.5. The van der Waals surface area contributed by atoms with Crippen molar-refractivity contribution in [3.63, 3.8) is 0 Å². The number of alkyl halides is 6. The summed E-state index contributed by atoms with van der Waals surface area (Å²) < 4.78 is 83.3. The molecular weight excluding hydrogens is 572 g/mol. The van der Waals surface area contributed by atoms with Crippen molar-refractivity contribution in [1.82, 2.24) is 30.1 Å². The van der Waals surface area contributed by atoms with Gasteiger partial charge in [-0.3, -0.25) is 4.90 Å². The van der Waals surface area contributed by atoms with Crippen LogP contribution in [0.5, 0.6) is 0 Å². The second-order valence-electron chi connectivity index (χ2n) is 11.1. The Morgan fingerprint density at radius 3 is 2.16 bits per heavy atom. The number of pyridine rings is 1. The highest BCUT2D eigenvalue weighted by Crippen LogP contribution is 2.37. The fourth-order valence-corrected chi connectivity index (χ4v) is 5.77. The topological polar surface area (TPSA) is 63.0 Å². The lowest BCUT2D eigenvalue weighted by Crippen LogP contribution is -2.32. The van der Waals surface area contributed by atoms with E-state index in [0.717, 1.165) is 53.8 Å². The van der Waals surface area contributed by atoms with Crippen LogP contribution >= 0.6 is 0 Å². The standard InChI is InChI=1S/C30H33F6N7/c1-3-43(17-20-8-4-5-9-20)28-23(14-22-10-6-7-11-26(22)37-28)18-42(19-27-38-39-40-41(27)2)16-21-12-24(29(31,32)33)15-25(13-21)30(34,35)36/h6-7,10-15,20H,3-5,8-9,16-19H2,1-2H3. The van der Waals surface area contributed by atoms with Crippen LogP contribution in [0, 0.1) is 5.92 Å². The van der Waals surface area contributed by atoms with Gasteiger partial charge in [0, 0.05) is 44.2 Å². The Morgan fingerprint density at radius 2 is 1.56 bits per heavy atom. The van der Waals surface area contributed by atoms with Gasteiger partial charge in [-0.25, -0.2) is 9.67 Å². The largest absolute Gasteiger partial charge is 0.416 e. The van der Waals surface area contributed by atoms with Crippen LogP contribution in [0.15, 0.2) is 48.5 Å². The molecule has 13 heteroatoms. The van der Waals surface area contributed by atoms with Gasteiger partial charge in [-0.2, -0.15) is 26.3 Å². The molecule has 2 aromatic heterocycles. The molecule has 2 heterocycles. The normalized spacial score (nSPS) is 14.7. The number of rotatable bonds is 10. The smallest absolute Gasteiger partial charge is 0.356 e. The molecule has 0 bridgehead atoms. The van der Waals surface area contributed by atoms with Crippen LogP contribution in [-0.4, -0.2) is 43.2 Å². The van der Waals surface area contributed by atoms with E-state index in [4.69, 9.17) is 4.98 Å². The van der Waals surface area contributed by atoms with Crippen LogP contribution in [0.2, 0.25) is 0 Å². The maximum Gasteiger partial charge on any atom is 0.416 e. The minimum atomic E-state index is -4.94.